The smallest absolute Gasteiger partial charge is 0.173 e. The summed E-state index contributed by atoms with van der Waals surface area (Å²) in [6.07, 6.45) is 1.94. The van der Waals surface area contributed by atoms with Crippen LogP contribution in [0.25, 0.3) is 16.9 Å². The average Bonchev–Trinajstić information content (AvgIpc) is 2.91. The van der Waals surface area contributed by atoms with Crippen LogP contribution < -0.4 is 0 Å². The summed E-state index contributed by atoms with van der Waals surface area (Å²) < 4.78 is 2.18. The zero-order chi connectivity index (χ0) is 16.4. The van der Waals surface area contributed by atoms with Crippen LogP contribution in [-0.4, -0.2) is 14.8 Å². The second-order valence-electron chi connectivity index (χ2n) is 5.77. The molecule has 0 bridgehead atoms. The van der Waals surface area contributed by atoms with Crippen molar-refractivity contribution in [3.05, 3.63) is 65.3 Å². The largest absolute Gasteiger partial charge is 0.287 e. The van der Waals surface area contributed by atoms with Gasteiger partial charge in [-0.05, 0) is 25.1 Å². The third kappa shape index (κ3) is 3.62. The molecular formula is C19H19ClN2S. The fourth-order valence-corrected chi connectivity index (χ4v) is 3.45. The van der Waals surface area contributed by atoms with Crippen molar-refractivity contribution in [3.8, 4) is 16.9 Å². The molecule has 0 unspecified atom stereocenters. The quantitative estimate of drug-likeness (QED) is 0.541. The minimum atomic E-state index is 0.459. The van der Waals surface area contributed by atoms with E-state index in [1.54, 1.807) is 11.8 Å². The number of hydrogen-bond acceptors (Lipinski definition) is 2. The van der Waals surface area contributed by atoms with Crippen molar-refractivity contribution < 1.29 is 0 Å². The summed E-state index contributed by atoms with van der Waals surface area (Å²) >= 11 is 7.95. The van der Waals surface area contributed by atoms with Crippen molar-refractivity contribution in [2.45, 2.75) is 31.2 Å². The van der Waals surface area contributed by atoms with Crippen LogP contribution in [0, 0.1) is 6.92 Å². The van der Waals surface area contributed by atoms with E-state index < -0.39 is 0 Å². The number of rotatable bonds is 4. The molecule has 2 nitrogen and oxygen atoms in total. The maximum absolute atomic E-state index is 6.20. The van der Waals surface area contributed by atoms with E-state index in [9.17, 15) is 0 Å². The molecule has 0 saturated carbocycles. The molecule has 0 fully saturated rings. The predicted octanol–water partition coefficient (Wildman–Crippen LogP) is 6.00. The Balaban J connectivity index is 2.16. The van der Waals surface area contributed by atoms with Crippen LogP contribution in [0.15, 0.2) is 59.9 Å². The lowest BCUT2D eigenvalue weighted by Crippen LogP contribution is -2.01. The Hall–Kier alpha value is -1.71. The van der Waals surface area contributed by atoms with E-state index in [2.05, 4.69) is 60.7 Å². The van der Waals surface area contributed by atoms with Crippen LogP contribution in [0.2, 0.25) is 5.02 Å². The Morgan fingerprint density at radius 1 is 1.09 bits per heavy atom. The Morgan fingerprint density at radius 3 is 2.48 bits per heavy atom. The molecule has 0 aliphatic rings. The average molecular weight is 343 g/mol. The van der Waals surface area contributed by atoms with E-state index in [0.29, 0.717) is 5.25 Å². The number of aryl methyl sites for hydroxylation is 1. The molecule has 3 aromatic rings. The molecule has 23 heavy (non-hydrogen) atoms. The van der Waals surface area contributed by atoms with Gasteiger partial charge in [-0.1, -0.05) is 73.1 Å². The van der Waals surface area contributed by atoms with Gasteiger partial charge in [-0.3, -0.25) is 4.57 Å². The molecule has 1 aromatic heterocycles. The molecule has 118 valence electrons. The number of thioether (sulfide) groups is 1. The summed E-state index contributed by atoms with van der Waals surface area (Å²) in [7, 11) is 0. The summed E-state index contributed by atoms with van der Waals surface area (Å²) in [6, 6.07) is 16.4. The zero-order valence-electron chi connectivity index (χ0n) is 13.5. The summed E-state index contributed by atoms with van der Waals surface area (Å²) in [5.74, 6) is 0. The fourth-order valence-electron chi connectivity index (χ4n) is 2.42. The highest BCUT2D eigenvalue weighted by molar-refractivity contribution is 7.99. The maximum Gasteiger partial charge on any atom is 0.173 e. The highest BCUT2D eigenvalue weighted by atomic mass is 35.5. The van der Waals surface area contributed by atoms with Crippen molar-refractivity contribution in [2.24, 2.45) is 0 Å². The van der Waals surface area contributed by atoms with Crippen LogP contribution in [0.3, 0.4) is 0 Å². The topological polar surface area (TPSA) is 17.8 Å². The molecule has 0 aliphatic carbocycles. The van der Waals surface area contributed by atoms with E-state index in [-0.39, 0.29) is 0 Å². The predicted molar refractivity (Wildman–Crippen MR) is 99.7 cm³/mol. The Kier molecular flexibility index (Phi) is 4.79. The zero-order valence-corrected chi connectivity index (χ0v) is 15.0. The molecule has 0 N–H and O–H groups in total. The molecule has 4 heteroatoms. The van der Waals surface area contributed by atoms with Crippen LogP contribution in [0.1, 0.15) is 19.4 Å². The van der Waals surface area contributed by atoms with Crippen molar-refractivity contribution >= 4 is 23.4 Å². The first kappa shape index (κ1) is 16.2. The Bertz CT molecular complexity index is 806. The number of hydrogen-bond donors (Lipinski definition) is 0. The molecule has 2 aromatic carbocycles. The first-order valence-corrected chi connectivity index (χ1v) is 8.88. The van der Waals surface area contributed by atoms with Crippen LogP contribution in [-0.2, 0) is 0 Å². The first-order chi connectivity index (χ1) is 11.0. The highest BCUT2D eigenvalue weighted by Crippen LogP contribution is 2.32. The highest BCUT2D eigenvalue weighted by Gasteiger charge is 2.15. The van der Waals surface area contributed by atoms with Crippen molar-refractivity contribution in [2.75, 3.05) is 0 Å². The minimum absolute atomic E-state index is 0.459. The van der Waals surface area contributed by atoms with Gasteiger partial charge >= 0.3 is 0 Å². The third-order valence-electron chi connectivity index (χ3n) is 3.48. The number of imidazole rings is 1. The van der Waals surface area contributed by atoms with Crippen LogP contribution >= 0.6 is 23.4 Å². The SMILES string of the molecule is Cc1ccc(-c2cnc(SC(C)C)n2-c2cccc(Cl)c2)cc1. The summed E-state index contributed by atoms with van der Waals surface area (Å²) in [5, 5.41) is 2.17. The van der Waals surface area contributed by atoms with Crippen molar-refractivity contribution in [1.82, 2.24) is 9.55 Å². The van der Waals surface area contributed by atoms with Gasteiger partial charge in [-0.25, -0.2) is 4.98 Å². The van der Waals surface area contributed by atoms with E-state index >= 15 is 0 Å². The molecule has 0 spiro atoms. The lowest BCUT2D eigenvalue weighted by atomic mass is 10.1. The minimum Gasteiger partial charge on any atom is -0.287 e. The number of aromatic nitrogens is 2. The maximum atomic E-state index is 6.20. The second kappa shape index (κ2) is 6.81. The molecule has 0 atom stereocenters. The van der Waals surface area contributed by atoms with Crippen LogP contribution in [0.4, 0.5) is 0 Å². The standard InChI is InChI=1S/C19H19ClN2S/c1-13(2)23-19-21-12-18(15-9-7-14(3)8-10-15)22(19)17-6-4-5-16(20)11-17/h4-13H,1-3H3. The molecule has 0 aliphatic heterocycles. The lowest BCUT2D eigenvalue weighted by Gasteiger charge is -2.13. The van der Waals surface area contributed by atoms with Crippen molar-refractivity contribution in [1.29, 1.82) is 0 Å². The van der Waals surface area contributed by atoms with Gasteiger partial charge in [0.1, 0.15) is 0 Å². The van der Waals surface area contributed by atoms with Crippen LogP contribution in [0.5, 0.6) is 0 Å². The van der Waals surface area contributed by atoms with Gasteiger partial charge in [-0.15, -0.1) is 0 Å². The normalized spacial score (nSPS) is 11.2. The van der Waals surface area contributed by atoms with Gasteiger partial charge in [0.05, 0.1) is 11.9 Å². The number of benzene rings is 2. The molecule has 0 radical (unpaired) electrons. The van der Waals surface area contributed by atoms with E-state index in [1.807, 2.05) is 24.4 Å². The van der Waals surface area contributed by atoms with Gasteiger partial charge in [0.15, 0.2) is 5.16 Å². The summed E-state index contributed by atoms with van der Waals surface area (Å²) in [4.78, 5) is 4.64. The summed E-state index contributed by atoms with van der Waals surface area (Å²) in [6.45, 7) is 6.44. The monoisotopic (exact) mass is 342 g/mol. The first-order valence-electron chi connectivity index (χ1n) is 7.62. The third-order valence-corrected chi connectivity index (χ3v) is 4.69. The van der Waals surface area contributed by atoms with Gasteiger partial charge < -0.3 is 0 Å². The van der Waals surface area contributed by atoms with Gasteiger partial charge in [0, 0.05) is 21.5 Å². The van der Waals surface area contributed by atoms with E-state index in [4.69, 9.17) is 11.6 Å². The molecule has 1 heterocycles. The Morgan fingerprint density at radius 2 is 1.83 bits per heavy atom. The Labute approximate surface area is 146 Å². The second-order valence-corrected chi connectivity index (χ2v) is 7.75. The molecular weight excluding hydrogens is 324 g/mol. The lowest BCUT2D eigenvalue weighted by molar-refractivity contribution is 0.893. The fraction of sp³-hybridized carbons (Fsp3) is 0.211. The molecule has 0 saturated heterocycles. The molecule has 0 amide bonds. The van der Waals surface area contributed by atoms with Gasteiger partial charge in [0.2, 0.25) is 0 Å². The van der Waals surface area contributed by atoms with Gasteiger partial charge in [-0.2, -0.15) is 0 Å². The number of halogens is 1. The number of nitrogens with zero attached hydrogens (tertiary/aromatic N) is 2. The van der Waals surface area contributed by atoms with E-state index in [0.717, 1.165) is 27.1 Å². The van der Waals surface area contributed by atoms with Crippen molar-refractivity contribution in [3.63, 3.8) is 0 Å². The van der Waals surface area contributed by atoms with E-state index in [1.165, 1.54) is 5.56 Å². The summed E-state index contributed by atoms with van der Waals surface area (Å²) in [5.41, 5.74) is 4.52. The van der Waals surface area contributed by atoms with Gasteiger partial charge in [0.25, 0.3) is 0 Å². The molecule has 3 rings (SSSR count).